The Morgan fingerprint density at radius 2 is 2.29 bits per heavy atom. The van der Waals surface area contributed by atoms with Gasteiger partial charge in [-0.15, -0.1) is 0 Å². The van der Waals surface area contributed by atoms with Crippen molar-refractivity contribution >= 4 is 17.3 Å². The van der Waals surface area contributed by atoms with Crippen molar-refractivity contribution in [3.8, 4) is 0 Å². The van der Waals surface area contributed by atoms with E-state index in [4.69, 9.17) is 21.4 Å². The van der Waals surface area contributed by atoms with Crippen molar-refractivity contribution in [2.45, 2.75) is 12.1 Å². The molecule has 2 aromatic heterocycles. The third kappa shape index (κ3) is 2.77. The van der Waals surface area contributed by atoms with E-state index in [9.17, 15) is 0 Å². The highest BCUT2D eigenvalue weighted by molar-refractivity contribution is 7.80. The van der Waals surface area contributed by atoms with E-state index >= 15 is 0 Å². The van der Waals surface area contributed by atoms with Crippen LogP contribution in [0.1, 0.15) is 23.5 Å². The summed E-state index contributed by atoms with van der Waals surface area (Å²) in [7, 11) is 1.69. The van der Waals surface area contributed by atoms with Crippen LogP contribution in [0.5, 0.6) is 0 Å². The van der Waals surface area contributed by atoms with Crippen molar-refractivity contribution in [3.63, 3.8) is 0 Å². The van der Waals surface area contributed by atoms with Gasteiger partial charge >= 0.3 is 0 Å². The molecule has 0 radical (unpaired) electrons. The number of nitrogens with one attached hydrogen (secondary N) is 1. The van der Waals surface area contributed by atoms with Crippen molar-refractivity contribution in [3.05, 3.63) is 54.2 Å². The van der Waals surface area contributed by atoms with Gasteiger partial charge < -0.3 is 19.4 Å². The molecule has 0 aliphatic carbocycles. The molecule has 0 spiro atoms. The van der Waals surface area contributed by atoms with E-state index in [0.29, 0.717) is 18.3 Å². The average molecular weight is 303 g/mol. The number of aromatic nitrogens is 1. The van der Waals surface area contributed by atoms with E-state index in [1.54, 1.807) is 19.6 Å². The molecule has 1 fully saturated rings. The first-order valence-corrected chi connectivity index (χ1v) is 7.22. The third-order valence-corrected chi connectivity index (χ3v) is 3.92. The summed E-state index contributed by atoms with van der Waals surface area (Å²) < 4.78 is 10.8. The Labute approximate surface area is 128 Å². The van der Waals surface area contributed by atoms with Gasteiger partial charge in [-0.05, 0) is 36.5 Å². The zero-order valence-corrected chi connectivity index (χ0v) is 12.5. The monoisotopic (exact) mass is 303 g/mol. The van der Waals surface area contributed by atoms with Gasteiger partial charge in [0.15, 0.2) is 5.11 Å². The summed E-state index contributed by atoms with van der Waals surface area (Å²) in [4.78, 5) is 6.54. The van der Waals surface area contributed by atoms with Crippen LogP contribution in [0.2, 0.25) is 0 Å². The van der Waals surface area contributed by atoms with E-state index in [2.05, 4.69) is 15.2 Å². The normalized spacial score (nSPS) is 21.6. The number of thiocarbonyl (C=S) groups is 1. The highest BCUT2D eigenvalue weighted by Crippen LogP contribution is 2.38. The molecule has 3 rings (SSSR count). The lowest BCUT2D eigenvalue weighted by atomic mass is 10.0. The summed E-state index contributed by atoms with van der Waals surface area (Å²) in [6.45, 7) is 1.31. The molecule has 1 aliphatic rings. The van der Waals surface area contributed by atoms with Gasteiger partial charge in [-0.2, -0.15) is 0 Å². The minimum absolute atomic E-state index is 0.0162. The minimum atomic E-state index is -0.0262. The van der Waals surface area contributed by atoms with Gasteiger partial charge in [0.25, 0.3) is 0 Å². The van der Waals surface area contributed by atoms with Crippen LogP contribution in [0, 0.1) is 0 Å². The predicted octanol–water partition coefficient (Wildman–Crippen LogP) is 2.29. The standard InChI is InChI=1S/C15H17N3O2S/c1-19-10-8-18-14(12-6-4-9-20-12)13(17-15(18)21)11-5-2-3-7-16-11/h2-7,9,13-14H,8,10H2,1H3,(H,17,21)/t13-,14+/m1/s1. The molecule has 2 aromatic rings. The molecule has 0 amide bonds. The molecule has 21 heavy (non-hydrogen) atoms. The average Bonchev–Trinajstić information content (AvgIpc) is 3.13. The smallest absolute Gasteiger partial charge is 0.170 e. The van der Waals surface area contributed by atoms with Crippen LogP contribution in [0.25, 0.3) is 0 Å². The molecule has 0 unspecified atom stereocenters. The molecular weight excluding hydrogens is 286 g/mol. The van der Waals surface area contributed by atoms with Crippen molar-refractivity contribution in [2.75, 3.05) is 20.3 Å². The Bertz CT molecular complexity index is 588. The zero-order chi connectivity index (χ0) is 14.7. The SMILES string of the molecule is COCCN1C(=S)N[C@H](c2ccccn2)[C@@H]1c1ccco1. The van der Waals surface area contributed by atoms with Gasteiger partial charge in [0.1, 0.15) is 11.8 Å². The number of hydrogen-bond donors (Lipinski definition) is 1. The summed E-state index contributed by atoms with van der Waals surface area (Å²) in [5.41, 5.74) is 0.946. The Balaban J connectivity index is 1.94. The highest BCUT2D eigenvalue weighted by Gasteiger charge is 2.41. The Hall–Kier alpha value is -1.92. The van der Waals surface area contributed by atoms with Gasteiger partial charge in [-0.3, -0.25) is 4.98 Å². The molecule has 0 saturated carbocycles. The van der Waals surface area contributed by atoms with E-state index in [0.717, 1.165) is 11.5 Å². The molecule has 5 nitrogen and oxygen atoms in total. The minimum Gasteiger partial charge on any atom is -0.467 e. The maximum absolute atomic E-state index is 5.62. The van der Waals surface area contributed by atoms with Crippen molar-refractivity contribution < 1.29 is 9.15 Å². The number of nitrogens with zero attached hydrogens (tertiary/aromatic N) is 2. The lowest BCUT2D eigenvalue weighted by Crippen LogP contribution is -2.32. The van der Waals surface area contributed by atoms with Crippen molar-refractivity contribution in [1.82, 2.24) is 15.2 Å². The Morgan fingerprint density at radius 1 is 1.38 bits per heavy atom. The molecule has 1 aliphatic heterocycles. The van der Waals surface area contributed by atoms with Gasteiger partial charge in [0.2, 0.25) is 0 Å². The summed E-state index contributed by atoms with van der Waals surface area (Å²) >= 11 is 5.47. The number of hydrogen-bond acceptors (Lipinski definition) is 4. The second-order valence-corrected chi connectivity index (χ2v) is 5.21. The lowest BCUT2D eigenvalue weighted by molar-refractivity contribution is 0.158. The van der Waals surface area contributed by atoms with Crippen LogP contribution in [0.15, 0.2) is 47.2 Å². The van der Waals surface area contributed by atoms with E-state index < -0.39 is 0 Å². The number of ether oxygens (including phenoxy) is 1. The Kier molecular flexibility index (Phi) is 4.17. The first kappa shape index (κ1) is 14.0. The second-order valence-electron chi connectivity index (χ2n) is 4.83. The molecule has 1 saturated heterocycles. The van der Waals surface area contributed by atoms with Crippen molar-refractivity contribution in [1.29, 1.82) is 0 Å². The molecule has 0 bridgehead atoms. The topological polar surface area (TPSA) is 50.5 Å². The first-order chi connectivity index (χ1) is 10.3. The Morgan fingerprint density at radius 3 is 2.95 bits per heavy atom. The van der Waals surface area contributed by atoms with Gasteiger partial charge in [-0.25, -0.2) is 0 Å². The first-order valence-electron chi connectivity index (χ1n) is 6.81. The van der Waals surface area contributed by atoms with Crippen molar-refractivity contribution in [2.24, 2.45) is 0 Å². The molecule has 2 atom stereocenters. The quantitative estimate of drug-likeness (QED) is 0.855. The van der Waals surface area contributed by atoms with E-state index in [1.807, 2.05) is 30.3 Å². The second kappa shape index (κ2) is 6.24. The summed E-state index contributed by atoms with van der Waals surface area (Å²) in [6, 6.07) is 9.69. The van der Waals surface area contributed by atoms with Gasteiger partial charge in [0, 0.05) is 19.9 Å². The number of rotatable bonds is 5. The maximum Gasteiger partial charge on any atom is 0.170 e. The summed E-state index contributed by atoms with van der Waals surface area (Å²) in [5, 5.41) is 4.05. The maximum atomic E-state index is 5.62. The predicted molar refractivity (Wildman–Crippen MR) is 82.7 cm³/mol. The molecule has 0 aromatic carbocycles. The van der Waals surface area contributed by atoms with Crippen LogP contribution in [0.3, 0.4) is 0 Å². The summed E-state index contributed by atoms with van der Waals surface area (Å²) in [6.07, 6.45) is 3.47. The molecule has 1 N–H and O–H groups in total. The fraction of sp³-hybridized carbons (Fsp3) is 0.333. The zero-order valence-electron chi connectivity index (χ0n) is 11.7. The fourth-order valence-corrected chi connectivity index (χ4v) is 2.94. The lowest BCUT2D eigenvalue weighted by Gasteiger charge is -2.25. The molecular formula is C15H17N3O2S. The van der Waals surface area contributed by atoms with E-state index in [-0.39, 0.29) is 12.1 Å². The van der Waals surface area contributed by atoms with Crippen LogP contribution in [-0.2, 0) is 4.74 Å². The van der Waals surface area contributed by atoms with Crippen LogP contribution < -0.4 is 5.32 Å². The van der Waals surface area contributed by atoms with Gasteiger partial charge in [-0.1, -0.05) is 6.07 Å². The number of methoxy groups -OCH3 is 1. The molecule has 110 valence electrons. The third-order valence-electron chi connectivity index (χ3n) is 3.57. The summed E-state index contributed by atoms with van der Waals surface area (Å²) in [5.74, 6) is 0.870. The molecule has 6 heteroatoms. The van der Waals surface area contributed by atoms with Crippen LogP contribution >= 0.6 is 12.2 Å². The largest absolute Gasteiger partial charge is 0.467 e. The highest BCUT2D eigenvalue weighted by atomic mass is 32.1. The number of furan rings is 1. The molecule has 3 heterocycles. The van der Waals surface area contributed by atoms with Crippen LogP contribution in [-0.4, -0.2) is 35.3 Å². The van der Waals surface area contributed by atoms with E-state index in [1.165, 1.54) is 0 Å². The number of pyridine rings is 1. The van der Waals surface area contributed by atoms with Gasteiger partial charge in [0.05, 0.1) is 24.6 Å². The van der Waals surface area contributed by atoms with Crippen LogP contribution in [0.4, 0.5) is 0 Å². The fourth-order valence-electron chi connectivity index (χ4n) is 2.60.